The monoisotopic (exact) mass is 347 g/mol. The van der Waals surface area contributed by atoms with Crippen molar-refractivity contribution < 1.29 is 9.13 Å². The highest BCUT2D eigenvalue weighted by atomic mass is 19.1. The van der Waals surface area contributed by atoms with Crippen LogP contribution in [0.2, 0.25) is 0 Å². The van der Waals surface area contributed by atoms with E-state index in [4.69, 9.17) is 4.74 Å². The number of fused-ring (bicyclic) bond motifs is 1. The fourth-order valence-corrected chi connectivity index (χ4v) is 2.85. The van der Waals surface area contributed by atoms with Gasteiger partial charge in [-0.25, -0.2) is 13.9 Å². The molecule has 0 amide bonds. The fraction of sp³-hybridized carbons (Fsp3) is 0.143. The van der Waals surface area contributed by atoms with Crippen molar-refractivity contribution in [2.45, 2.75) is 20.0 Å². The summed E-state index contributed by atoms with van der Waals surface area (Å²) in [6.45, 7) is 3.92. The molecule has 4 nitrogen and oxygen atoms in total. The molecule has 2 heterocycles. The number of ether oxygens (including phenoxy) is 1. The molecule has 5 heteroatoms. The first kappa shape index (κ1) is 16.3. The Kier molecular flexibility index (Phi) is 4.13. The first-order valence-electron chi connectivity index (χ1n) is 8.44. The molecular weight excluding hydrogens is 329 g/mol. The molecule has 1 atom stereocenters. The zero-order chi connectivity index (χ0) is 18.1. The van der Waals surface area contributed by atoms with Crippen LogP contribution in [-0.2, 0) is 0 Å². The SMILES string of the molecule is Cc1ccc(-c2cnc3ccc(OC(C)c4cccc(F)c4)nn23)cc1. The molecule has 0 aliphatic carbocycles. The second-order valence-corrected chi connectivity index (χ2v) is 6.27. The van der Waals surface area contributed by atoms with E-state index < -0.39 is 0 Å². The second-order valence-electron chi connectivity index (χ2n) is 6.27. The zero-order valence-corrected chi connectivity index (χ0v) is 14.6. The predicted molar refractivity (Wildman–Crippen MR) is 98.6 cm³/mol. The van der Waals surface area contributed by atoms with Gasteiger partial charge in [-0.1, -0.05) is 42.0 Å². The summed E-state index contributed by atoms with van der Waals surface area (Å²) in [5, 5.41) is 4.56. The number of benzene rings is 2. The molecular formula is C21H18FN3O. The number of hydrogen-bond donors (Lipinski definition) is 0. The molecule has 0 bridgehead atoms. The van der Waals surface area contributed by atoms with Gasteiger partial charge in [0.1, 0.15) is 11.9 Å². The summed E-state index contributed by atoms with van der Waals surface area (Å²) in [5.41, 5.74) is 4.63. The summed E-state index contributed by atoms with van der Waals surface area (Å²) in [4.78, 5) is 4.40. The van der Waals surface area contributed by atoms with E-state index in [-0.39, 0.29) is 11.9 Å². The minimum Gasteiger partial charge on any atom is -0.469 e. The van der Waals surface area contributed by atoms with Crippen LogP contribution in [0.15, 0.2) is 66.9 Å². The Morgan fingerprint density at radius 2 is 1.85 bits per heavy atom. The van der Waals surface area contributed by atoms with Crippen LogP contribution in [0.25, 0.3) is 16.9 Å². The van der Waals surface area contributed by atoms with Crippen LogP contribution in [0.3, 0.4) is 0 Å². The van der Waals surface area contributed by atoms with Gasteiger partial charge in [0.2, 0.25) is 5.88 Å². The van der Waals surface area contributed by atoms with Gasteiger partial charge in [0, 0.05) is 11.6 Å². The van der Waals surface area contributed by atoms with Crippen molar-refractivity contribution in [3.63, 3.8) is 0 Å². The van der Waals surface area contributed by atoms with Crippen molar-refractivity contribution >= 4 is 5.65 Å². The molecule has 130 valence electrons. The number of nitrogens with zero attached hydrogens (tertiary/aromatic N) is 3. The van der Waals surface area contributed by atoms with E-state index in [1.807, 2.05) is 31.2 Å². The van der Waals surface area contributed by atoms with Gasteiger partial charge in [0.05, 0.1) is 11.9 Å². The molecule has 0 aliphatic rings. The van der Waals surface area contributed by atoms with Crippen molar-refractivity contribution in [2.24, 2.45) is 0 Å². The summed E-state index contributed by atoms with van der Waals surface area (Å²) in [5.74, 6) is 0.179. The minimum absolute atomic E-state index is 0.280. The van der Waals surface area contributed by atoms with Crippen molar-refractivity contribution in [1.29, 1.82) is 0 Å². The van der Waals surface area contributed by atoms with E-state index in [0.717, 1.165) is 22.5 Å². The molecule has 2 aromatic carbocycles. The lowest BCUT2D eigenvalue weighted by molar-refractivity contribution is 0.214. The fourth-order valence-electron chi connectivity index (χ4n) is 2.85. The summed E-state index contributed by atoms with van der Waals surface area (Å²) < 4.78 is 21.1. The predicted octanol–water partition coefficient (Wildman–Crippen LogP) is 4.98. The number of aromatic nitrogens is 3. The van der Waals surface area contributed by atoms with Crippen molar-refractivity contribution in [3.05, 3.63) is 83.8 Å². The molecule has 0 saturated carbocycles. The van der Waals surface area contributed by atoms with Gasteiger partial charge in [-0.15, -0.1) is 5.10 Å². The van der Waals surface area contributed by atoms with Gasteiger partial charge < -0.3 is 4.74 Å². The van der Waals surface area contributed by atoms with E-state index in [1.54, 1.807) is 22.8 Å². The summed E-state index contributed by atoms with van der Waals surface area (Å²) in [6.07, 6.45) is 1.48. The largest absolute Gasteiger partial charge is 0.469 e. The lowest BCUT2D eigenvalue weighted by atomic mass is 10.1. The molecule has 4 rings (SSSR count). The van der Waals surface area contributed by atoms with Crippen molar-refractivity contribution in [1.82, 2.24) is 14.6 Å². The molecule has 0 N–H and O–H groups in total. The first-order chi connectivity index (χ1) is 12.6. The third-order valence-corrected chi connectivity index (χ3v) is 4.30. The number of rotatable bonds is 4. The lowest BCUT2D eigenvalue weighted by Gasteiger charge is -2.14. The topological polar surface area (TPSA) is 39.4 Å². The molecule has 0 radical (unpaired) electrons. The molecule has 0 fully saturated rings. The molecule has 2 aromatic heterocycles. The van der Waals surface area contributed by atoms with Crippen LogP contribution >= 0.6 is 0 Å². The van der Waals surface area contributed by atoms with Crippen LogP contribution in [-0.4, -0.2) is 14.6 Å². The maximum absolute atomic E-state index is 13.4. The van der Waals surface area contributed by atoms with Gasteiger partial charge in [-0.2, -0.15) is 0 Å². The Morgan fingerprint density at radius 3 is 2.62 bits per heavy atom. The van der Waals surface area contributed by atoms with E-state index in [9.17, 15) is 4.39 Å². The van der Waals surface area contributed by atoms with Crippen molar-refractivity contribution in [3.8, 4) is 17.1 Å². The normalized spacial score (nSPS) is 12.3. The third kappa shape index (κ3) is 3.16. The summed E-state index contributed by atoms with van der Waals surface area (Å²) in [6, 6.07) is 18.2. The van der Waals surface area contributed by atoms with Crippen LogP contribution in [0.5, 0.6) is 5.88 Å². The van der Waals surface area contributed by atoms with Crippen LogP contribution in [0.1, 0.15) is 24.2 Å². The first-order valence-corrected chi connectivity index (χ1v) is 8.44. The number of halogens is 1. The van der Waals surface area contributed by atoms with Crippen LogP contribution in [0, 0.1) is 12.7 Å². The number of aryl methyl sites for hydroxylation is 1. The molecule has 1 unspecified atom stereocenters. The van der Waals surface area contributed by atoms with Crippen LogP contribution in [0.4, 0.5) is 4.39 Å². The minimum atomic E-state index is -0.318. The highest BCUT2D eigenvalue weighted by Gasteiger charge is 2.12. The maximum atomic E-state index is 13.4. The van der Waals surface area contributed by atoms with E-state index in [2.05, 4.69) is 29.1 Å². The molecule has 0 aliphatic heterocycles. The average molecular weight is 347 g/mol. The Balaban J connectivity index is 1.66. The number of imidazole rings is 1. The molecule has 4 aromatic rings. The third-order valence-electron chi connectivity index (χ3n) is 4.30. The standard InChI is InChI=1S/C21H18FN3O/c1-14-6-8-16(9-7-14)19-13-23-20-10-11-21(24-25(19)20)26-15(2)17-4-3-5-18(22)12-17/h3-13,15H,1-2H3. The highest BCUT2D eigenvalue weighted by Crippen LogP contribution is 2.24. The Morgan fingerprint density at radius 1 is 1.04 bits per heavy atom. The van der Waals surface area contributed by atoms with E-state index in [1.165, 1.54) is 17.7 Å². The van der Waals surface area contributed by atoms with Gasteiger partial charge in [-0.3, -0.25) is 0 Å². The van der Waals surface area contributed by atoms with Gasteiger partial charge >= 0.3 is 0 Å². The van der Waals surface area contributed by atoms with Crippen LogP contribution < -0.4 is 4.74 Å². The lowest BCUT2D eigenvalue weighted by Crippen LogP contribution is -2.06. The summed E-state index contributed by atoms with van der Waals surface area (Å²) >= 11 is 0. The molecule has 26 heavy (non-hydrogen) atoms. The highest BCUT2D eigenvalue weighted by molar-refractivity contribution is 5.63. The van der Waals surface area contributed by atoms with E-state index >= 15 is 0 Å². The molecule has 0 saturated heterocycles. The maximum Gasteiger partial charge on any atom is 0.232 e. The zero-order valence-electron chi connectivity index (χ0n) is 14.6. The Labute approximate surface area is 150 Å². The second kappa shape index (κ2) is 6.59. The van der Waals surface area contributed by atoms with Crippen molar-refractivity contribution in [2.75, 3.05) is 0 Å². The smallest absolute Gasteiger partial charge is 0.232 e. The molecule has 0 spiro atoms. The quantitative estimate of drug-likeness (QED) is 0.522. The average Bonchev–Trinajstić information content (AvgIpc) is 3.05. The van der Waals surface area contributed by atoms with E-state index in [0.29, 0.717) is 5.88 Å². The Hall–Kier alpha value is -3.21. The van der Waals surface area contributed by atoms with Gasteiger partial charge in [0.15, 0.2) is 5.65 Å². The Bertz CT molecular complexity index is 1060. The number of hydrogen-bond acceptors (Lipinski definition) is 3. The van der Waals surface area contributed by atoms with Gasteiger partial charge in [0.25, 0.3) is 0 Å². The van der Waals surface area contributed by atoms with Gasteiger partial charge in [-0.05, 0) is 37.6 Å². The summed E-state index contributed by atoms with van der Waals surface area (Å²) in [7, 11) is 0.